The molecule has 0 aromatic heterocycles. The Morgan fingerprint density at radius 1 is 1.25 bits per heavy atom. The molecule has 0 spiro atoms. The first-order valence-electron chi connectivity index (χ1n) is 9.17. The summed E-state index contributed by atoms with van der Waals surface area (Å²) >= 11 is 0. The van der Waals surface area contributed by atoms with Gasteiger partial charge in [0.1, 0.15) is 5.60 Å². The number of fused-ring (bicyclic) bond motifs is 4. The van der Waals surface area contributed by atoms with Crippen LogP contribution in [-0.2, 0) is 14.3 Å². The Labute approximate surface area is 144 Å². The Kier molecular flexibility index (Phi) is 4.65. The monoisotopic (exact) mass is 334 g/mol. The molecule has 0 unspecified atom stereocenters. The second kappa shape index (κ2) is 6.30. The van der Waals surface area contributed by atoms with Gasteiger partial charge in [0.05, 0.1) is 17.8 Å². The molecule has 1 N–H and O–H groups in total. The zero-order chi connectivity index (χ0) is 17.5. The average Bonchev–Trinajstić information content (AvgIpc) is 3.18. The zero-order valence-electron chi connectivity index (χ0n) is 15.1. The summed E-state index contributed by atoms with van der Waals surface area (Å²) < 4.78 is 11.7. The van der Waals surface area contributed by atoms with Gasteiger partial charge in [-0.25, -0.2) is 4.79 Å². The molecule has 0 radical (unpaired) electrons. The van der Waals surface area contributed by atoms with Crippen molar-refractivity contribution in [1.82, 2.24) is 0 Å². The third-order valence-corrected chi connectivity index (χ3v) is 6.25. The largest absolute Gasteiger partial charge is 0.453 e. The van der Waals surface area contributed by atoms with Gasteiger partial charge in [-0.2, -0.15) is 0 Å². The number of hydrogen-bond donors (Lipinski definition) is 1. The lowest BCUT2D eigenvalue weighted by Gasteiger charge is -2.33. The molecule has 3 rings (SSSR count). The summed E-state index contributed by atoms with van der Waals surface area (Å²) in [5.74, 6) is -0.276. The fraction of sp³-hybridized carbons (Fsp3) is 0.750. The van der Waals surface area contributed by atoms with E-state index in [-0.39, 0.29) is 23.6 Å². The fourth-order valence-electron chi connectivity index (χ4n) is 4.07. The molecular formula is C20H30O4. The quantitative estimate of drug-likeness (QED) is 0.318. The first kappa shape index (κ1) is 17.7. The first-order valence-corrected chi connectivity index (χ1v) is 9.17. The predicted octanol–water partition coefficient (Wildman–Crippen LogP) is 3.68. The topological polar surface area (TPSA) is 59.1 Å². The van der Waals surface area contributed by atoms with Gasteiger partial charge in [0.25, 0.3) is 0 Å². The van der Waals surface area contributed by atoms with Crippen molar-refractivity contribution in [3.05, 3.63) is 23.8 Å². The molecule has 0 aromatic rings. The second-order valence-corrected chi connectivity index (χ2v) is 8.26. The normalized spacial score (nSPS) is 46.2. The van der Waals surface area contributed by atoms with Gasteiger partial charge in [-0.05, 0) is 71.6 Å². The van der Waals surface area contributed by atoms with Gasteiger partial charge >= 0.3 is 5.97 Å². The molecule has 24 heavy (non-hydrogen) atoms. The maximum absolute atomic E-state index is 12.4. The van der Waals surface area contributed by atoms with Gasteiger partial charge in [-0.3, -0.25) is 0 Å². The summed E-state index contributed by atoms with van der Waals surface area (Å²) in [4.78, 5) is 12.4. The van der Waals surface area contributed by atoms with Crippen molar-refractivity contribution in [2.45, 2.75) is 89.1 Å². The Morgan fingerprint density at radius 3 is 2.75 bits per heavy atom. The molecule has 2 heterocycles. The van der Waals surface area contributed by atoms with Gasteiger partial charge in [0, 0.05) is 5.57 Å². The molecule has 4 nitrogen and oxygen atoms in total. The third kappa shape index (κ3) is 3.45. The van der Waals surface area contributed by atoms with Crippen LogP contribution in [0, 0.1) is 5.92 Å². The number of esters is 1. The van der Waals surface area contributed by atoms with E-state index in [0.29, 0.717) is 18.4 Å². The number of aliphatic hydroxyl groups excluding tert-OH is 1. The molecule has 5 atom stereocenters. The summed E-state index contributed by atoms with van der Waals surface area (Å²) in [5, 5.41) is 10.7. The van der Waals surface area contributed by atoms with Crippen molar-refractivity contribution in [3.63, 3.8) is 0 Å². The van der Waals surface area contributed by atoms with Crippen LogP contribution in [0.25, 0.3) is 0 Å². The van der Waals surface area contributed by atoms with Crippen LogP contribution in [0.2, 0.25) is 0 Å². The van der Waals surface area contributed by atoms with Crippen molar-refractivity contribution in [1.29, 1.82) is 0 Å². The van der Waals surface area contributed by atoms with E-state index >= 15 is 0 Å². The highest BCUT2D eigenvalue weighted by atomic mass is 16.6. The standard InChI is InChI=1S/C20H30O4/c1-13-6-5-10-20(4)17(23-20)12-15-9-11-19(3,16(21)8-7-13)24-18(22)14(15)2/h6,15-17,21H,2,5,7-12H2,1,3-4H3/b13-6-/t15-,16+,17-,19-,20+/m1/s1. The molecule has 134 valence electrons. The third-order valence-electron chi connectivity index (χ3n) is 6.25. The number of ether oxygens (including phenoxy) is 2. The molecule has 2 bridgehead atoms. The van der Waals surface area contributed by atoms with E-state index in [2.05, 4.69) is 26.5 Å². The SMILES string of the molecule is C=C1C(=O)O[C@]2(C)CC[C@@H]1C[C@H]1O[C@@]1(C)CC/C=C(/C)CC[C@@H]2O. The molecule has 1 aliphatic carbocycles. The number of carbonyl (C=O) groups is 1. The summed E-state index contributed by atoms with van der Waals surface area (Å²) in [6.45, 7) is 10.1. The van der Waals surface area contributed by atoms with Crippen LogP contribution in [0.3, 0.4) is 0 Å². The Morgan fingerprint density at radius 2 is 2.00 bits per heavy atom. The molecule has 2 aliphatic heterocycles. The minimum atomic E-state index is -0.827. The summed E-state index contributed by atoms with van der Waals surface area (Å²) in [7, 11) is 0. The van der Waals surface area contributed by atoms with E-state index in [1.165, 1.54) is 5.57 Å². The van der Waals surface area contributed by atoms with E-state index < -0.39 is 11.7 Å². The van der Waals surface area contributed by atoms with Gasteiger partial charge < -0.3 is 14.6 Å². The highest BCUT2D eigenvalue weighted by Crippen LogP contribution is 2.47. The van der Waals surface area contributed by atoms with Crippen LogP contribution in [0.4, 0.5) is 0 Å². The molecule has 3 aliphatic rings. The van der Waals surface area contributed by atoms with Gasteiger partial charge in [0.2, 0.25) is 0 Å². The van der Waals surface area contributed by atoms with Crippen molar-refractivity contribution in [3.8, 4) is 0 Å². The van der Waals surface area contributed by atoms with Crippen molar-refractivity contribution < 1.29 is 19.4 Å². The van der Waals surface area contributed by atoms with E-state index in [4.69, 9.17) is 9.47 Å². The Hall–Kier alpha value is -1.13. The summed E-state index contributed by atoms with van der Waals surface area (Å²) in [5.41, 5.74) is 0.915. The van der Waals surface area contributed by atoms with Gasteiger partial charge in [-0.1, -0.05) is 18.2 Å². The minimum absolute atomic E-state index is 0.0692. The average molecular weight is 334 g/mol. The minimum Gasteiger partial charge on any atom is -0.453 e. The number of aliphatic hydroxyl groups is 1. The van der Waals surface area contributed by atoms with E-state index in [9.17, 15) is 9.90 Å². The molecule has 2 saturated heterocycles. The molecular weight excluding hydrogens is 304 g/mol. The molecule has 2 fully saturated rings. The molecule has 0 aromatic carbocycles. The Bertz CT molecular complexity index is 566. The summed E-state index contributed by atoms with van der Waals surface area (Å²) in [6.07, 6.45) is 7.51. The highest BCUT2D eigenvalue weighted by Gasteiger charge is 2.53. The number of carbonyl (C=O) groups excluding carboxylic acids is 1. The van der Waals surface area contributed by atoms with E-state index in [1.807, 2.05) is 6.92 Å². The number of allylic oxidation sites excluding steroid dienone is 2. The smallest absolute Gasteiger partial charge is 0.334 e. The fourth-order valence-corrected chi connectivity index (χ4v) is 4.07. The molecule has 0 amide bonds. The predicted molar refractivity (Wildman–Crippen MR) is 92.5 cm³/mol. The van der Waals surface area contributed by atoms with Gasteiger partial charge in [-0.15, -0.1) is 0 Å². The van der Waals surface area contributed by atoms with Crippen molar-refractivity contribution in [2.24, 2.45) is 5.92 Å². The molecule has 0 saturated carbocycles. The maximum atomic E-state index is 12.4. The van der Waals surface area contributed by atoms with Crippen LogP contribution < -0.4 is 0 Å². The highest BCUT2D eigenvalue weighted by molar-refractivity contribution is 5.89. The molecule has 4 heteroatoms. The number of epoxide rings is 1. The van der Waals surface area contributed by atoms with E-state index in [0.717, 1.165) is 32.1 Å². The lowest BCUT2D eigenvalue weighted by atomic mass is 9.82. The van der Waals surface area contributed by atoms with E-state index in [1.54, 1.807) is 0 Å². The number of hydrogen-bond acceptors (Lipinski definition) is 4. The second-order valence-electron chi connectivity index (χ2n) is 8.26. The Balaban J connectivity index is 1.85. The van der Waals surface area contributed by atoms with Crippen LogP contribution in [0.15, 0.2) is 23.8 Å². The first-order chi connectivity index (χ1) is 11.2. The van der Waals surface area contributed by atoms with Crippen LogP contribution in [-0.4, -0.2) is 34.5 Å². The maximum Gasteiger partial charge on any atom is 0.334 e. The van der Waals surface area contributed by atoms with Crippen LogP contribution in [0.5, 0.6) is 0 Å². The van der Waals surface area contributed by atoms with Gasteiger partial charge in [0.15, 0.2) is 0 Å². The lowest BCUT2D eigenvalue weighted by Crippen LogP contribution is -2.43. The zero-order valence-corrected chi connectivity index (χ0v) is 15.1. The summed E-state index contributed by atoms with van der Waals surface area (Å²) in [6, 6.07) is 0. The lowest BCUT2D eigenvalue weighted by molar-refractivity contribution is -0.165. The van der Waals surface area contributed by atoms with Crippen LogP contribution in [0.1, 0.15) is 65.7 Å². The number of rotatable bonds is 0. The van der Waals surface area contributed by atoms with Crippen molar-refractivity contribution >= 4 is 5.97 Å². The van der Waals surface area contributed by atoms with Crippen LogP contribution >= 0.6 is 0 Å². The van der Waals surface area contributed by atoms with Crippen molar-refractivity contribution in [2.75, 3.05) is 0 Å².